The minimum absolute atomic E-state index is 0.0757. The third-order valence-electron chi connectivity index (χ3n) is 5.49. The van der Waals surface area contributed by atoms with E-state index in [2.05, 4.69) is 23.8 Å². The van der Waals surface area contributed by atoms with Crippen LogP contribution in [0.25, 0.3) is 11.0 Å². The molecule has 0 saturated carbocycles. The predicted octanol–water partition coefficient (Wildman–Crippen LogP) is 3.56. The molecule has 1 aromatic carbocycles. The maximum Gasteiger partial charge on any atom is 0.293 e. The number of ether oxygens (including phenoxy) is 1. The average molecular weight is 355 g/mol. The van der Waals surface area contributed by atoms with E-state index in [0.717, 1.165) is 28.7 Å². The number of hydrogen-bond donors (Lipinski definition) is 2. The molecule has 2 aromatic rings. The van der Waals surface area contributed by atoms with Crippen LogP contribution in [0, 0.1) is 11.8 Å². The number of aromatic nitrogens is 2. The fraction of sp³-hybridized carbons (Fsp3) is 0.500. The highest BCUT2D eigenvalue weighted by molar-refractivity contribution is 6.09. The number of aliphatic hydroxyl groups excluding tert-OH is 1. The van der Waals surface area contributed by atoms with Gasteiger partial charge in [0.1, 0.15) is 0 Å². The number of rotatable bonds is 3. The van der Waals surface area contributed by atoms with Crippen molar-refractivity contribution in [1.82, 2.24) is 9.97 Å². The zero-order valence-electron chi connectivity index (χ0n) is 15.6. The van der Waals surface area contributed by atoms with Crippen molar-refractivity contribution in [3.8, 4) is 0 Å². The van der Waals surface area contributed by atoms with Gasteiger partial charge in [-0.1, -0.05) is 13.8 Å². The van der Waals surface area contributed by atoms with E-state index in [9.17, 15) is 9.90 Å². The average Bonchev–Trinajstić information content (AvgIpc) is 3.24. The molecule has 0 bridgehead atoms. The Morgan fingerprint density at radius 3 is 2.81 bits per heavy atom. The van der Waals surface area contributed by atoms with Gasteiger partial charge in [-0.05, 0) is 44.4 Å². The number of anilines is 1. The molecule has 1 amide bonds. The lowest BCUT2D eigenvalue weighted by Gasteiger charge is -2.32. The Kier molecular flexibility index (Phi) is 3.84. The molecule has 1 saturated heterocycles. The fourth-order valence-electron chi connectivity index (χ4n) is 4.36. The zero-order chi connectivity index (χ0) is 18.6. The molecular formula is C20H25N3O3. The first-order chi connectivity index (χ1) is 12.3. The fourth-order valence-corrected chi connectivity index (χ4v) is 4.36. The number of fused-ring (bicyclic) bond motifs is 1. The van der Waals surface area contributed by atoms with Gasteiger partial charge in [0, 0.05) is 17.2 Å². The highest BCUT2D eigenvalue weighted by atomic mass is 16.5. The van der Waals surface area contributed by atoms with Gasteiger partial charge >= 0.3 is 0 Å². The molecule has 6 heteroatoms. The van der Waals surface area contributed by atoms with E-state index in [4.69, 9.17) is 4.74 Å². The van der Waals surface area contributed by atoms with Gasteiger partial charge in [0.25, 0.3) is 5.91 Å². The molecule has 2 N–H and O–H groups in total. The number of benzene rings is 1. The van der Waals surface area contributed by atoms with Gasteiger partial charge in [-0.2, -0.15) is 0 Å². The van der Waals surface area contributed by atoms with Crippen LogP contribution in [-0.4, -0.2) is 39.2 Å². The lowest BCUT2D eigenvalue weighted by molar-refractivity contribution is -0.117. The Labute approximate surface area is 152 Å². The van der Waals surface area contributed by atoms with Gasteiger partial charge < -0.3 is 14.8 Å². The van der Waals surface area contributed by atoms with Crippen LogP contribution >= 0.6 is 0 Å². The largest absolute Gasteiger partial charge is 0.503 e. The molecule has 0 spiro atoms. The van der Waals surface area contributed by atoms with Crippen LogP contribution in [0.1, 0.15) is 34.1 Å². The molecule has 1 fully saturated rings. The van der Waals surface area contributed by atoms with Gasteiger partial charge in [-0.25, -0.2) is 4.98 Å². The predicted molar refractivity (Wildman–Crippen MR) is 100.0 cm³/mol. The summed E-state index contributed by atoms with van der Waals surface area (Å²) in [6, 6.07) is 5.53. The van der Waals surface area contributed by atoms with Crippen molar-refractivity contribution in [1.29, 1.82) is 0 Å². The Balaban J connectivity index is 1.79. The Hall–Kier alpha value is -2.34. The van der Waals surface area contributed by atoms with Crippen LogP contribution in [0.15, 0.2) is 35.9 Å². The first kappa shape index (κ1) is 17.1. The van der Waals surface area contributed by atoms with Crippen molar-refractivity contribution in [2.45, 2.75) is 45.8 Å². The van der Waals surface area contributed by atoms with Crippen molar-refractivity contribution >= 4 is 22.6 Å². The number of nitrogens with zero attached hydrogens (tertiary/aromatic N) is 2. The quantitative estimate of drug-likeness (QED) is 0.882. The number of hydrogen-bond acceptors (Lipinski definition) is 4. The Morgan fingerprint density at radius 2 is 2.15 bits per heavy atom. The smallest absolute Gasteiger partial charge is 0.293 e. The maximum atomic E-state index is 13.0. The first-order valence-electron chi connectivity index (χ1n) is 9.12. The summed E-state index contributed by atoms with van der Waals surface area (Å²) in [4.78, 5) is 22.1. The lowest BCUT2D eigenvalue weighted by atomic mass is 9.83. The van der Waals surface area contributed by atoms with Crippen molar-refractivity contribution in [2.24, 2.45) is 11.8 Å². The van der Waals surface area contributed by atoms with E-state index in [1.54, 1.807) is 11.2 Å². The van der Waals surface area contributed by atoms with E-state index < -0.39 is 0 Å². The summed E-state index contributed by atoms with van der Waals surface area (Å²) in [5.74, 6) is -0.229. The third-order valence-corrected chi connectivity index (χ3v) is 5.49. The minimum atomic E-state index is -0.335. The summed E-state index contributed by atoms with van der Waals surface area (Å²) in [6.07, 6.45) is 2.48. The van der Waals surface area contributed by atoms with E-state index in [1.165, 1.54) is 0 Å². The summed E-state index contributed by atoms with van der Waals surface area (Å²) >= 11 is 0. The number of nitrogens with one attached hydrogen (secondary N) is 1. The Morgan fingerprint density at radius 1 is 1.38 bits per heavy atom. The molecular weight excluding hydrogens is 330 g/mol. The standard InChI is InChI=1S/C20H25N3O3/c1-11(2)16-17(12-8-20(3,4)26-9-12)23(19(25)18(16)24)13-5-6-14-15(7-13)22-10-21-14/h5-7,10-12,17,24H,8-9H2,1-4H3,(H,21,22). The van der Waals surface area contributed by atoms with Crippen LogP contribution in [0.4, 0.5) is 5.69 Å². The van der Waals surface area contributed by atoms with Crippen molar-refractivity contribution in [2.75, 3.05) is 11.5 Å². The lowest BCUT2D eigenvalue weighted by Crippen LogP contribution is -2.42. The van der Waals surface area contributed by atoms with Crippen LogP contribution in [0.2, 0.25) is 0 Å². The molecule has 2 unspecified atom stereocenters. The minimum Gasteiger partial charge on any atom is -0.503 e. The molecule has 2 atom stereocenters. The van der Waals surface area contributed by atoms with Crippen molar-refractivity contribution in [3.63, 3.8) is 0 Å². The molecule has 138 valence electrons. The molecule has 0 radical (unpaired) electrons. The normalized spacial score (nSPS) is 25.9. The summed E-state index contributed by atoms with van der Waals surface area (Å²) in [5.41, 5.74) is 3.07. The monoisotopic (exact) mass is 355 g/mol. The van der Waals surface area contributed by atoms with Crippen molar-refractivity contribution < 1.29 is 14.6 Å². The number of carbonyl (C=O) groups is 1. The number of imidazole rings is 1. The molecule has 26 heavy (non-hydrogen) atoms. The summed E-state index contributed by atoms with van der Waals surface area (Å²) < 4.78 is 5.95. The van der Waals surface area contributed by atoms with Crippen LogP contribution in [-0.2, 0) is 9.53 Å². The summed E-state index contributed by atoms with van der Waals surface area (Å²) in [5, 5.41) is 10.6. The molecule has 3 heterocycles. The van der Waals surface area contributed by atoms with Crippen molar-refractivity contribution in [3.05, 3.63) is 35.9 Å². The second-order valence-corrected chi connectivity index (χ2v) is 8.22. The van der Waals surface area contributed by atoms with Gasteiger partial charge in [-0.15, -0.1) is 0 Å². The van der Waals surface area contributed by atoms with Gasteiger partial charge in [0.15, 0.2) is 5.76 Å². The maximum absolute atomic E-state index is 13.0. The molecule has 2 aliphatic rings. The van der Waals surface area contributed by atoms with E-state index in [-0.39, 0.29) is 35.1 Å². The topological polar surface area (TPSA) is 78.5 Å². The van der Waals surface area contributed by atoms with Crippen LogP contribution < -0.4 is 4.90 Å². The Bertz CT molecular complexity index is 897. The van der Waals surface area contributed by atoms with Gasteiger partial charge in [-0.3, -0.25) is 9.69 Å². The number of H-pyrrole nitrogens is 1. The molecule has 2 aliphatic heterocycles. The zero-order valence-corrected chi connectivity index (χ0v) is 15.6. The van der Waals surface area contributed by atoms with Gasteiger partial charge in [0.05, 0.1) is 35.6 Å². The first-order valence-corrected chi connectivity index (χ1v) is 9.12. The number of aliphatic hydroxyl groups is 1. The summed E-state index contributed by atoms with van der Waals surface area (Å²) in [7, 11) is 0. The third kappa shape index (κ3) is 2.60. The molecule has 4 rings (SSSR count). The van der Waals surface area contributed by atoms with E-state index in [1.807, 2.05) is 32.0 Å². The molecule has 0 aliphatic carbocycles. The SMILES string of the molecule is CC(C)C1=C(O)C(=O)N(c2ccc3[nH]cnc3c2)C1C1COC(C)(C)C1. The van der Waals surface area contributed by atoms with Gasteiger partial charge in [0.2, 0.25) is 0 Å². The highest BCUT2D eigenvalue weighted by Crippen LogP contribution is 2.43. The van der Waals surface area contributed by atoms with E-state index in [0.29, 0.717) is 6.61 Å². The highest BCUT2D eigenvalue weighted by Gasteiger charge is 2.48. The second kappa shape index (κ2) is 5.84. The second-order valence-electron chi connectivity index (χ2n) is 8.22. The number of aromatic amines is 1. The molecule has 6 nitrogen and oxygen atoms in total. The number of carbonyl (C=O) groups excluding carboxylic acids is 1. The van der Waals surface area contributed by atoms with E-state index >= 15 is 0 Å². The number of amides is 1. The summed E-state index contributed by atoms with van der Waals surface area (Å²) in [6.45, 7) is 8.76. The van der Waals surface area contributed by atoms with Crippen LogP contribution in [0.5, 0.6) is 0 Å². The molecule has 1 aromatic heterocycles. The van der Waals surface area contributed by atoms with Crippen LogP contribution in [0.3, 0.4) is 0 Å².